The highest BCUT2D eigenvalue weighted by Gasteiger charge is 2.38. The van der Waals surface area contributed by atoms with Gasteiger partial charge in [0.25, 0.3) is 0 Å². The first-order valence-electron chi connectivity index (χ1n) is 6.44. The van der Waals surface area contributed by atoms with Crippen molar-refractivity contribution in [2.75, 3.05) is 26.0 Å². The minimum absolute atomic E-state index is 0.0646. The van der Waals surface area contributed by atoms with Gasteiger partial charge in [-0.1, -0.05) is 11.6 Å². The molecule has 7 heteroatoms. The number of ether oxygens (including phenoxy) is 1. The topological polar surface area (TPSA) is 72.6 Å². The smallest absolute Gasteiger partial charge is 0.243 e. The van der Waals surface area contributed by atoms with E-state index in [9.17, 15) is 8.42 Å². The number of nitrogen functional groups attached to an aromatic ring is 1. The second-order valence-electron chi connectivity index (χ2n) is 4.96. The van der Waals surface area contributed by atoms with Crippen molar-refractivity contribution in [3.63, 3.8) is 0 Å². The van der Waals surface area contributed by atoms with E-state index in [1.807, 2.05) is 0 Å². The monoisotopic (exact) mass is 318 g/mol. The molecule has 0 unspecified atom stereocenters. The molecule has 5 nitrogen and oxygen atoms in total. The molecular weight excluding hydrogens is 300 g/mol. The number of anilines is 1. The normalized spacial score (nSPS) is 15.8. The quantitative estimate of drug-likeness (QED) is 0.815. The molecule has 2 N–H and O–H groups in total. The zero-order valence-corrected chi connectivity index (χ0v) is 13.2. The number of nitrogens with zero attached hydrogens (tertiary/aromatic N) is 1. The number of methoxy groups -OCH3 is 1. The summed E-state index contributed by atoms with van der Waals surface area (Å²) in [5, 5.41) is 0.328. The number of benzene rings is 1. The fourth-order valence-corrected chi connectivity index (χ4v) is 4.35. The van der Waals surface area contributed by atoms with Gasteiger partial charge in [-0.15, -0.1) is 0 Å². The first kappa shape index (κ1) is 15.6. The van der Waals surface area contributed by atoms with Crippen LogP contribution in [0.5, 0.6) is 0 Å². The van der Waals surface area contributed by atoms with Gasteiger partial charge in [0.1, 0.15) is 0 Å². The molecule has 0 aliphatic heterocycles. The van der Waals surface area contributed by atoms with E-state index in [-0.39, 0.29) is 10.9 Å². The lowest BCUT2D eigenvalue weighted by Gasteiger charge is -2.23. The maximum absolute atomic E-state index is 12.8. The molecule has 0 amide bonds. The molecule has 0 saturated heterocycles. The highest BCUT2D eigenvalue weighted by Crippen LogP contribution is 2.34. The molecule has 1 aromatic carbocycles. The predicted octanol–water partition coefficient (Wildman–Crippen LogP) is 2.03. The van der Waals surface area contributed by atoms with Gasteiger partial charge in [-0.05, 0) is 37.5 Å². The van der Waals surface area contributed by atoms with Crippen LogP contribution in [0, 0.1) is 6.92 Å². The average Bonchev–Trinajstić information content (AvgIpc) is 3.18. The Balaban J connectivity index is 2.42. The van der Waals surface area contributed by atoms with Crippen molar-refractivity contribution >= 4 is 27.3 Å². The predicted molar refractivity (Wildman–Crippen MR) is 79.4 cm³/mol. The number of halogens is 1. The van der Waals surface area contributed by atoms with E-state index in [1.54, 1.807) is 20.1 Å². The maximum Gasteiger partial charge on any atom is 0.243 e. The number of rotatable bonds is 6. The van der Waals surface area contributed by atoms with Crippen LogP contribution in [-0.2, 0) is 14.8 Å². The fraction of sp³-hybridized carbons (Fsp3) is 0.538. The SMILES string of the molecule is COCCN(C1CC1)S(=O)(=O)c1cc(Cl)cc(N)c1C. The Hall–Kier alpha value is -0.820. The Bertz CT molecular complexity index is 600. The summed E-state index contributed by atoms with van der Waals surface area (Å²) >= 11 is 5.94. The van der Waals surface area contributed by atoms with Crippen molar-refractivity contribution in [1.82, 2.24) is 4.31 Å². The fourth-order valence-electron chi connectivity index (χ4n) is 2.11. The Morgan fingerprint density at radius 3 is 2.65 bits per heavy atom. The molecule has 1 fully saturated rings. The Morgan fingerprint density at radius 1 is 1.45 bits per heavy atom. The van der Waals surface area contributed by atoms with Crippen LogP contribution < -0.4 is 5.73 Å². The van der Waals surface area contributed by atoms with Crippen LogP contribution in [-0.4, -0.2) is 39.0 Å². The third-order valence-electron chi connectivity index (χ3n) is 3.42. The zero-order valence-electron chi connectivity index (χ0n) is 11.6. The summed E-state index contributed by atoms with van der Waals surface area (Å²) in [6.07, 6.45) is 1.77. The first-order chi connectivity index (χ1) is 9.37. The molecular formula is C13H19ClN2O3S. The maximum atomic E-state index is 12.8. The third-order valence-corrected chi connectivity index (χ3v) is 5.72. The van der Waals surface area contributed by atoms with Crippen LogP contribution in [0.15, 0.2) is 17.0 Å². The lowest BCUT2D eigenvalue weighted by molar-refractivity contribution is 0.177. The molecule has 20 heavy (non-hydrogen) atoms. The van der Waals surface area contributed by atoms with Gasteiger partial charge in [-0.3, -0.25) is 0 Å². The van der Waals surface area contributed by atoms with Gasteiger partial charge in [0, 0.05) is 30.4 Å². The molecule has 0 radical (unpaired) electrons. The summed E-state index contributed by atoms with van der Waals surface area (Å²) in [6, 6.07) is 3.09. The largest absolute Gasteiger partial charge is 0.398 e. The molecule has 1 aliphatic carbocycles. The van der Waals surface area contributed by atoms with Crippen LogP contribution in [0.4, 0.5) is 5.69 Å². The molecule has 1 saturated carbocycles. The van der Waals surface area contributed by atoms with Crippen molar-refractivity contribution in [2.24, 2.45) is 0 Å². The van der Waals surface area contributed by atoms with Crippen molar-refractivity contribution in [1.29, 1.82) is 0 Å². The summed E-state index contributed by atoms with van der Waals surface area (Å²) in [6.45, 7) is 2.40. The van der Waals surface area contributed by atoms with E-state index in [0.717, 1.165) is 12.8 Å². The summed E-state index contributed by atoms with van der Waals surface area (Å²) in [4.78, 5) is 0.186. The Labute approximate surface area is 124 Å². The van der Waals surface area contributed by atoms with Crippen molar-refractivity contribution < 1.29 is 13.2 Å². The molecule has 112 valence electrons. The van der Waals surface area contributed by atoms with Gasteiger partial charge >= 0.3 is 0 Å². The van der Waals surface area contributed by atoms with E-state index in [1.165, 1.54) is 10.4 Å². The molecule has 0 bridgehead atoms. The van der Waals surface area contributed by atoms with E-state index in [4.69, 9.17) is 22.1 Å². The number of hydrogen-bond acceptors (Lipinski definition) is 4. The van der Waals surface area contributed by atoms with Crippen LogP contribution >= 0.6 is 11.6 Å². The van der Waals surface area contributed by atoms with Gasteiger partial charge in [0.15, 0.2) is 0 Å². The number of hydrogen-bond donors (Lipinski definition) is 1. The third kappa shape index (κ3) is 3.09. The Morgan fingerprint density at radius 2 is 2.10 bits per heavy atom. The number of nitrogens with two attached hydrogens (primary N) is 1. The summed E-state index contributed by atoms with van der Waals surface area (Å²) < 4.78 is 32.1. The molecule has 0 spiro atoms. The van der Waals surface area contributed by atoms with E-state index >= 15 is 0 Å². The van der Waals surface area contributed by atoms with Crippen LogP contribution in [0.3, 0.4) is 0 Å². The second kappa shape index (κ2) is 5.89. The van der Waals surface area contributed by atoms with Gasteiger partial charge < -0.3 is 10.5 Å². The minimum atomic E-state index is -3.60. The summed E-state index contributed by atoms with van der Waals surface area (Å²) in [7, 11) is -2.04. The molecule has 1 aromatic rings. The standard InChI is InChI=1S/C13H19ClN2O3S/c1-9-12(15)7-10(14)8-13(9)20(17,18)16(5-6-19-2)11-3-4-11/h7-8,11H,3-6,15H2,1-2H3. The van der Waals surface area contributed by atoms with E-state index in [2.05, 4.69) is 0 Å². The molecule has 0 atom stereocenters. The van der Waals surface area contributed by atoms with Crippen LogP contribution in [0.25, 0.3) is 0 Å². The van der Waals surface area contributed by atoms with Gasteiger partial charge in [0.05, 0.1) is 11.5 Å². The van der Waals surface area contributed by atoms with E-state index in [0.29, 0.717) is 29.4 Å². The highest BCUT2D eigenvalue weighted by molar-refractivity contribution is 7.89. The molecule has 0 heterocycles. The lowest BCUT2D eigenvalue weighted by atomic mass is 10.2. The lowest BCUT2D eigenvalue weighted by Crippen LogP contribution is -2.36. The van der Waals surface area contributed by atoms with Gasteiger partial charge in [-0.2, -0.15) is 4.31 Å². The van der Waals surface area contributed by atoms with Gasteiger partial charge in [0.2, 0.25) is 10.0 Å². The van der Waals surface area contributed by atoms with Crippen LogP contribution in [0.2, 0.25) is 5.02 Å². The number of sulfonamides is 1. The molecule has 2 rings (SSSR count). The zero-order chi connectivity index (χ0) is 14.9. The second-order valence-corrected chi connectivity index (χ2v) is 7.25. The average molecular weight is 319 g/mol. The Kier molecular flexibility index (Phi) is 4.59. The van der Waals surface area contributed by atoms with Crippen molar-refractivity contribution in [2.45, 2.75) is 30.7 Å². The van der Waals surface area contributed by atoms with Gasteiger partial charge in [-0.25, -0.2) is 8.42 Å². The molecule has 0 aromatic heterocycles. The summed E-state index contributed by atoms with van der Waals surface area (Å²) in [5.41, 5.74) is 6.74. The van der Waals surface area contributed by atoms with Crippen LogP contribution in [0.1, 0.15) is 18.4 Å². The first-order valence-corrected chi connectivity index (χ1v) is 8.26. The highest BCUT2D eigenvalue weighted by atomic mass is 35.5. The minimum Gasteiger partial charge on any atom is -0.398 e. The van der Waals surface area contributed by atoms with E-state index < -0.39 is 10.0 Å². The van der Waals surface area contributed by atoms with Crippen molar-refractivity contribution in [3.05, 3.63) is 22.7 Å². The van der Waals surface area contributed by atoms with Crippen molar-refractivity contribution in [3.8, 4) is 0 Å². The summed E-state index contributed by atoms with van der Waals surface area (Å²) in [5.74, 6) is 0. The molecule has 1 aliphatic rings.